The van der Waals surface area contributed by atoms with Crippen molar-refractivity contribution >= 4 is 5.91 Å². The Kier molecular flexibility index (Phi) is 3.50. The smallest absolute Gasteiger partial charge is 0.240 e. The first-order chi connectivity index (χ1) is 7.60. The van der Waals surface area contributed by atoms with Crippen molar-refractivity contribution in [2.45, 2.75) is 50.6 Å². The Morgan fingerprint density at radius 1 is 1.50 bits per heavy atom. The maximum absolute atomic E-state index is 12.1. The molecule has 3 atom stereocenters. The van der Waals surface area contributed by atoms with Gasteiger partial charge in [0.15, 0.2) is 0 Å². The van der Waals surface area contributed by atoms with Crippen molar-refractivity contribution < 1.29 is 9.53 Å². The molecule has 1 saturated heterocycles. The molecule has 1 aliphatic heterocycles. The lowest BCUT2D eigenvalue weighted by molar-refractivity contribution is -0.128. The number of nitrogens with two attached hydrogens (primary N) is 1. The van der Waals surface area contributed by atoms with Crippen LogP contribution in [0.15, 0.2) is 0 Å². The van der Waals surface area contributed by atoms with Gasteiger partial charge in [0.25, 0.3) is 0 Å². The van der Waals surface area contributed by atoms with Crippen molar-refractivity contribution in [1.29, 1.82) is 0 Å². The molecule has 16 heavy (non-hydrogen) atoms. The van der Waals surface area contributed by atoms with E-state index in [1.165, 1.54) is 6.42 Å². The zero-order chi connectivity index (χ0) is 11.6. The predicted molar refractivity (Wildman–Crippen MR) is 61.9 cm³/mol. The van der Waals surface area contributed by atoms with Gasteiger partial charge in [0.1, 0.15) is 0 Å². The molecule has 2 rings (SSSR count). The van der Waals surface area contributed by atoms with E-state index in [0.29, 0.717) is 12.5 Å². The molecular formula is C12H22N2O2. The second-order valence-electron chi connectivity index (χ2n) is 5.39. The van der Waals surface area contributed by atoms with Gasteiger partial charge in [-0.25, -0.2) is 0 Å². The molecule has 1 amide bonds. The topological polar surface area (TPSA) is 64.4 Å². The molecule has 0 radical (unpaired) electrons. The van der Waals surface area contributed by atoms with Crippen molar-refractivity contribution in [3.05, 3.63) is 0 Å². The highest BCUT2D eigenvalue weighted by Crippen LogP contribution is 2.30. The molecule has 0 aromatic rings. The first-order valence-corrected chi connectivity index (χ1v) is 6.28. The van der Waals surface area contributed by atoms with Crippen LogP contribution in [0, 0.1) is 5.92 Å². The fourth-order valence-corrected chi connectivity index (χ4v) is 2.78. The first-order valence-electron chi connectivity index (χ1n) is 6.28. The summed E-state index contributed by atoms with van der Waals surface area (Å²) in [5, 5.41) is 3.02. The van der Waals surface area contributed by atoms with Gasteiger partial charge >= 0.3 is 0 Å². The van der Waals surface area contributed by atoms with Crippen LogP contribution < -0.4 is 11.1 Å². The second-order valence-corrected chi connectivity index (χ2v) is 5.39. The maximum Gasteiger partial charge on any atom is 0.240 e. The van der Waals surface area contributed by atoms with Crippen LogP contribution in [-0.2, 0) is 9.53 Å². The van der Waals surface area contributed by atoms with Crippen LogP contribution in [0.25, 0.3) is 0 Å². The van der Waals surface area contributed by atoms with Crippen molar-refractivity contribution in [2.24, 2.45) is 11.7 Å². The molecule has 3 N–H and O–H groups in total. The number of hydrogen-bond acceptors (Lipinski definition) is 3. The lowest BCUT2D eigenvalue weighted by Gasteiger charge is -2.36. The minimum Gasteiger partial charge on any atom is -0.379 e. The molecule has 4 heteroatoms. The van der Waals surface area contributed by atoms with Gasteiger partial charge in [0, 0.05) is 6.61 Å². The fraction of sp³-hybridized carbons (Fsp3) is 0.917. The maximum atomic E-state index is 12.1. The lowest BCUT2D eigenvalue weighted by atomic mass is 9.76. The summed E-state index contributed by atoms with van der Waals surface area (Å²) in [4.78, 5) is 12.1. The van der Waals surface area contributed by atoms with E-state index in [1.54, 1.807) is 0 Å². The average molecular weight is 226 g/mol. The van der Waals surface area contributed by atoms with E-state index in [1.807, 2.05) is 0 Å². The van der Waals surface area contributed by atoms with Crippen LogP contribution >= 0.6 is 0 Å². The Balaban J connectivity index is 1.91. The summed E-state index contributed by atoms with van der Waals surface area (Å²) in [5.41, 5.74) is 5.58. The molecule has 1 heterocycles. The number of nitrogens with one attached hydrogen (secondary N) is 1. The van der Waals surface area contributed by atoms with Crippen LogP contribution in [0.4, 0.5) is 0 Å². The molecule has 1 aliphatic carbocycles. The quantitative estimate of drug-likeness (QED) is 0.732. The summed E-state index contributed by atoms with van der Waals surface area (Å²) < 4.78 is 5.24. The van der Waals surface area contributed by atoms with Crippen LogP contribution in [-0.4, -0.2) is 30.7 Å². The predicted octanol–water partition coefficient (Wildman–Crippen LogP) is 0.799. The van der Waals surface area contributed by atoms with Gasteiger partial charge in [0.2, 0.25) is 5.91 Å². The Morgan fingerprint density at radius 2 is 2.31 bits per heavy atom. The average Bonchev–Trinajstić information content (AvgIpc) is 2.70. The van der Waals surface area contributed by atoms with E-state index in [0.717, 1.165) is 32.3 Å². The third-order valence-electron chi connectivity index (χ3n) is 3.75. The van der Waals surface area contributed by atoms with Crippen LogP contribution in [0.1, 0.15) is 39.0 Å². The summed E-state index contributed by atoms with van der Waals surface area (Å²) >= 11 is 0. The Morgan fingerprint density at radius 3 is 2.94 bits per heavy atom. The largest absolute Gasteiger partial charge is 0.379 e. The van der Waals surface area contributed by atoms with E-state index in [-0.39, 0.29) is 11.9 Å². The van der Waals surface area contributed by atoms with E-state index < -0.39 is 5.54 Å². The zero-order valence-electron chi connectivity index (χ0n) is 10.00. The van der Waals surface area contributed by atoms with E-state index in [9.17, 15) is 4.79 Å². The molecule has 3 unspecified atom stereocenters. The standard InChI is InChI=1S/C12H22N2O2/c1-9-3-2-5-12(13,7-9)11(15)14-10-4-6-16-8-10/h9-10H,2-8,13H2,1H3,(H,14,15). The van der Waals surface area contributed by atoms with Gasteiger partial charge in [0.05, 0.1) is 18.2 Å². The van der Waals surface area contributed by atoms with Crippen molar-refractivity contribution in [2.75, 3.05) is 13.2 Å². The molecule has 0 spiro atoms. The molecule has 0 bridgehead atoms. The molecule has 92 valence electrons. The molecule has 1 saturated carbocycles. The van der Waals surface area contributed by atoms with Gasteiger partial charge in [-0.3, -0.25) is 4.79 Å². The molecule has 2 aliphatic rings. The van der Waals surface area contributed by atoms with Crippen molar-refractivity contribution in [3.63, 3.8) is 0 Å². The number of carbonyl (C=O) groups is 1. The summed E-state index contributed by atoms with van der Waals surface area (Å²) in [7, 11) is 0. The number of rotatable bonds is 2. The second kappa shape index (κ2) is 4.72. The Hall–Kier alpha value is -0.610. The van der Waals surface area contributed by atoms with Gasteiger partial charge < -0.3 is 15.8 Å². The monoisotopic (exact) mass is 226 g/mol. The van der Waals surface area contributed by atoms with E-state index >= 15 is 0 Å². The van der Waals surface area contributed by atoms with Gasteiger partial charge in [-0.1, -0.05) is 19.8 Å². The van der Waals surface area contributed by atoms with Gasteiger partial charge in [-0.15, -0.1) is 0 Å². The number of ether oxygens (including phenoxy) is 1. The third-order valence-corrected chi connectivity index (χ3v) is 3.75. The molecular weight excluding hydrogens is 204 g/mol. The normalized spacial score (nSPS) is 39.6. The Bertz CT molecular complexity index is 264. The summed E-state index contributed by atoms with van der Waals surface area (Å²) in [6.07, 6.45) is 4.80. The lowest BCUT2D eigenvalue weighted by Crippen LogP contribution is -2.58. The summed E-state index contributed by atoms with van der Waals surface area (Å²) in [6.45, 7) is 3.56. The fourth-order valence-electron chi connectivity index (χ4n) is 2.78. The van der Waals surface area contributed by atoms with Crippen LogP contribution in [0.2, 0.25) is 0 Å². The van der Waals surface area contributed by atoms with Gasteiger partial charge in [-0.05, 0) is 25.2 Å². The zero-order valence-corrected chi connectivity index (χ0v) is 10.00. The highest BCUT2D eigenvalue weighted by molar-refractivity contribution is 5.86. The van der Waals surface area contributed by atoms with Gasteiger partial charge in [-0.2, -0.15) is 0 Å². The van der Waals surface area contributed by atoms with E-state index in [4.69, 9.17) is 10.5 Å². The molecule has 0 aromatic heterocycles. The minimum atomic E-state index is -0.639. The van der Waals surface area contributed by atoms with Crippen molar-refractivity contribution in [1.82, 2.24) is 5.32 Å². The highest BCUT2D eigenvalue weighted by atomic mass is 16.5. The SMILES string of the molecule is CC1CCCC(N)(C(=O)NC2CCOC2)C1. The minimum absolute atomic E-state index is 0.0227. The summed E-state index contributed by atoms with van der Waals surface area (Å²) in [6, 6.07) is 0.171. The van der Waals surface area contributed by atoms with Crippen LogP contribution in [0.5, 0.6) is 0 Å². The molecule has 4 nitrogen and oxygen atoms in total. The molecule has 2 fully saturated rings. The number of carbonyl (C=O) groups excluding carboxylic acids is 1. The third kappa shape index (κ3) is 2.55. The highest BCUT2D eigenvalue weighted by Gasteiger charge is 2.38. The van der Waals surface area contributed by atoms with Crippen molar-refractivity contribution in [3.8, 4) is 0 Å². The Labute approximate surface area is 96.9 Å². The number of hydrogen-bond donors (Lipinski definition) is 2. The van der Waals surface area contributed by atoms with Crippen LogP contribution in [0.3, 0.4) is 0 Å². The first kappa shape index (κ1) is 11.9. The summed E-state index contributed by atoms with van der Waals surface area (Å²) in [5.74, 6) is 0.582. The number of amides is 1. The van der Waals surface area contributed by atoms with E-state index in [2.05, 4.69) is 12.2 Å². The molecule has 0 aromatic carbocycles.